The van der Waals surface area contributed by atoms with E-state index < -0.39 is 0 Å². The van der Waals surface area contributed by atoms with E-state index in [-0.39, 0.29) is 23.3 Å². The third kappa shape index (κ3) is 4.51. The molecule has 0 aromatic rings. The van der Waals surface area contributed by atoms with Crippen LogP contribution >= 0.6 is 25.3 Å². The van der Waals surface area contributed by atoms with E-state index in [9.17, 15) is 9.59 Å². The Morgan fingerprint density at radius 1 is 1.00 bits per heavy atom. The monoisotopic (exact) mass is 180 g/mol. The Kier molecular flexibility index (Phi) is 5.23. The van der Waals surface area contributed by atoms with Crippen LogP contribution in [0.2, 0.25) is 0 Å². The molecule has 0 aromatic carbocycles. The molecule has 6 heteroatoms. The summed E-state index contributed by atoms with van der Waals surface area (Å²) < 4.78 is 0. The Morgan fingerprint density at radius 2 is 1.30 bits per heavy atom. The first kappa shape index (κ1) is 9.64. The fourth-order valence-electron chi connectivity index (χ4n) is 0.218. The minimum Gasteiger partial charge on any atom is -0.272 e. The molecule has 0 bridgehead atoms. The molecule has 4 nitrogen and oxygen atoms in total. The number of hydrazine groups is 1. The number of nitrogens with one attached hydrogen (secondary N) is 2. The van der Waals surface area contributed by atoms with Crippen molar-refractivity contribution in [3.05, 3.63) is 0 Å². The minimum atomic E-state index is -0.349. The van der Waals surface area contributed by atoms with Crippen LogP contribution in [0.15, 0.2) is 0 Å². The molecular weight excluding hydrogens is 172 g/mol. The molecule has 2 N–H and O–H groups in total. The van der Waals surface area contributed by atoms with Crippen LogP contribution in [0.3, 0.4) is 0 Å². The summed E-state index contributed by atoms with van der Waals surface area (Å²) in [6.45, 7) is 0. The van der Waals surface area contributed by atoms with Gasteiger partial charge in [-0.05, 0) is 0 Å². The van der Waals surface area contributed by atoms with Gasteiger partial charge in [-0.25, -0.2) is 0 Å². The van der Waals surface area contributed by atoms with Crippen LogP contribution < -0.4 is 10.9 Å². The summed E-state index contributed by atoms with van der Waals surface area (Å²) in [4.78, 5) is 20.8. The van der Waals surface area contributed by atoms with E-state index in [1.165, 1.54) is 0 Å². The van der Waals surface area contributed by atoms with Crippen LogP contribution in [0.25, 0.3) is 0 Å². The molecule has 0 heterocycles. The fourth-order valence-corrected chi connectivity index (χ4v) is 0.377. The van der Waals surface area contributed by atoms with E-state index >= 15 is 0 Å². The van der Waals surface area contributed by atoms with Gasteiger partial charge in [0.25, 0.3) is 0 Å². The second-order valence-corrected chi connectivity index (χ2v) is 2.05. The molecule has 0 atom stereocenters. The van der Waals surface area contributed by atoms with E-state index in [0.29, 0.717) is 0 Å². The number of thiol groups is 2. The Balaban J connectivity index is 3.35. The Hall–Kier alpha value is -0.360. The summed E-state index contributed by atoms with van der Waals surface area (Å²) in [6.07, 6.45) is 0. The Morgan fingerprint density at radius 3 is 1.50 bits per heavy atom. The maximum Gasteiger partial charge on any atom is 0.248 e. The molecule has 2 amide bonds. The first-order valence-electron chi connectivity index (χ1n) is 2.50. The topological polar surface area (TPSA) is 58.2 Å². The predicted octanol–water partition coefficient (Wildman–Crippen LogP) is -1.01. The third-order valence-corrected chi connectivity index (χ3v) is 1.20. The first-order valence-corrected chi connectivity index (χ1v) is 3.76. The SMILES string of the molecule is O=C(CS)NNC(=O)CS. The molecular formula is C4H8N2O2S2. The standard InChI is InChI=1S/C4H8N2O2S2/c7-3(1-9)5-6-4(8)2-10/h9-10H,1-2H2,(H,5,7)(H,6,8). The number of carbonyl (C=O) groups is 2. The number of hydrogen-bond donors (Lipinski definition) is 4. The summed E-state index contributed by atoms with van der Waals surface area (Å²) in [6, 6.07) is 0. The molecule has 0 unspecified atom stereocenters. The van der Waals surface area contributed by atoms with E-state index in [1.807, 2.05) is 0 Å². The average molecular weight is 180 g/mol. The largest absolute Gasteiger partial charge is 0.272 e. The first-order chi connectivity index (χ1) is 4.70. The molecule has 0 aromatic heterocycles. The zero-order valence-corrected chi connectivity index (χ0v) is 6.91. The maximum absolute atomic E-state index is 10.4. The molecule has 0 fully saturated rings. The lowest BCUT2D eigenvalue weighted by Gasteiger charge is -2.02. The highest BCUT2D eigenvalue weighted by molar-refractivity contribution is 7.81. The lowest BCUT2D eigenvalue weighted by molar-refractivity contribution is -0.126. The number of hydrogen-bond acceptors (Lipinski definition) is 4. The van der Waals surface area contributed by atoms with Crippen LogP contribution in [0.4, 0.5) is 0 Å². The van der Waals surface area contributed by atoms with E-state index in [0.717, 1.165) is 0 Å². The zero-order chi connectivity index (χ0) is 7.98. The highest BCUT2D eigenvalue weighted by Gasteiger charge is 1.98. The van der Waals surface area contributed by atoms with Gasteiger partial charge in [-0.1, -0.05) is 0 Å². The van der Waals surface area contributed by atoms with Gasteiger partial charge in [0, 0.05) is 0 Å². The van der Waals surface area contributed by atoms with Crippen molar-refractivity contribution in [2.24, 2.45) is 0 Å². The molecule has 0 aliphatic carbocycles. The third-order valence-electron chi connectivity index (χ3n) is 0.629. The number of rotatable bonds is 2. The maximum atomic E-state index is 10.4. The van der Waals surface area contributed by atoms with Crippen molar-refractivity contribution in [2.75, 3.05) is 11.5 Å². The Bertz CT molecular complexity index is 123. The van der Waals surface area contributed by atoms with Gasteiger partial charge in [-0.15, -0.1) is 0 Å². The van der Waals surface area contributed by atoms with E-state index in [4.69, 9.17) is 0 Å². The van der Waals surface area contributed by atoms with Gasteiger partial charge in [0.2, 0.25) is 11.8 Å². The summed E-state index contributed by atoms with van der Waals surface area (Å²) in [5, 5.41) is 0. The van der Waals surface area contributed by atoms with Crippen molar-refractivity contribution in [2.45, 2.75) is 0 Å². The quantitative estimate of drug-likeness (QED) is 0.325. The van der Waals surface area contributed by atoms with E-state index in [2.05, 4.69) is 36.1 Å². The van der Waals surface area contributed by atoms with Gasteiger partial charge in [-0.3, -0.25) is 20.4 Å². The normalized spacial score (nSPS) is 8.60. The van der Waals surface area contributed by atoms with Gasteiger partial charge in [0.05, 0.1) is 11.5 Å². The zero-order valence-electron chi connectivity index (χ0n) is 5.13. The fraction of sp³-hybridized carbons (Fsp3) is 0.500. The summed E-state index contributed by atoms with van der Waals surface area (Å²) in [5.41, 5.74) is 4.24. The van der Waals surface area contributed by atoms with Crippen LogP contribution in [0.5, 0.6) is 0 Å². The van der Waals surface area contributed by atoms with E-state index in [1.54, 1.807) is 0 Å². The molecule has 58 valence electrons. The highest BCUT2D eigenvalue weighted by Crippen LogP contribution is 1.72. The van der Waals surface area contributed by atoms with Gasteiger partial charge < -0.3 is 0 Å². The lowest BCUT2D eigenvalue weighted by Crippen LogP contribution is -2.42. The van der Waals surface area contributed by atoms with Gasteiger partial charge in [0.1, 0.15) is 0 Å². The van der Waals surface area contributed by atoms with Crippen LogP contribution in [-0.4, -0.2) is 23.3 Å². The molecule has 0 rings (SSSR count). The second-order valence-electron chi connectivity index (χ2n) is 1.41. The van der Waals surface area contributed by atoms with Crippen molar-refractivity contribution in [1.82, 2.24) is 10.9 Å². The second kappa shape index (κ2) is 5.43. The summed E-state index contributed by atoms with van der Waals surface area (Å²) in [7, 11) is 0. The molecule has 0 aliphatic heterocycles. The predicted molar refractivity (Wildman–Crippen MR) is 44.0 cm³/mol. The average Bonchev–Trinajstić information content (AvgIpc) is 1.99. The lowest BCUT2D eigenvalue weighted by atomic mass is 10.7. The number of amides is 2. The summed E-state index contributed by atoms with van der Waals surface area (Å²) >= 11 is 7.33. The van der Waals surface area contributed by atoms with Gasteiger partial charge in [0.15, 0.2) is 0 Å². The minimum absolute atomic E-state index is 0.0485. The molecule has 10 heavy (non-hydrogen) atoms. The molecule has 0 spiro atoms. The van der Waals surface area contributed by atoms with Gasteiger partial charge >= 0.3 is 0 Å². The highest BCUT2D eigenvalue weighted by atomic mass is 32.1. The van der Waals surface area contributed by atoms with Crippen molar-refractivity contribution in [3.8, 4) is 0 Å². The van der Waals surface area contributed by atoms with Crippen molar-refractivity contribution in [3.63, 3.8) is 0 Å². The van der Waals surface area contributed by atoms with Crippen LogP contribution in [0, 0.1) is 0 Å². The molecule has 0 aliphatic rings. The number of carbonyl (C=O) groups excluding carboxylic acids is 2. The molecule has 0 saturated carbocycles. The van der Waals surface area contributed by atoms with Crippen LogP contribution in [-0.2, 0) is 9.59 Å². The van der Waals surface area contributed by atoms with Crippen molar-refractivity contribution < 1.29 is 9.59 Å². The van der Waals surface area contributed by atoms with Crippen molar-refractivity contribution in [1.29, 1.82) is 0 Å². The summed E-state index contributed by atoms with van der Waals surface area (Å²) in [5.74, 6) is -0.600. The van der Waals surface area contributed by atoms with Gasteiger partial charge in [-0.2, -0.15) is 25.3 Å². The van der Waals surface area contributed by atoms with Crippen LogP contribution in [0.1, 0.15) is 0 Å². The molecule has 0 radical (unpaired) electrons. The molecule has 0 saturated heterocycles. The smallest absolute Gasteiger partial charge is 0.248 e. The van der Waals surface area contributed by atoms with Crippen molar-refractivity contribution >= 4 is 37.1 Å². The Labute approximate surface area is 69.5 Å².